The van der Waals surface area contributed by atoms with Gasteiger partial charge >= 0.3 is 0 Å². The smallest absolute Gasteiger partial charge is 0.243 e. The van der Waals surface area contributed by atoms with E-state index in [0.29, 0.717) is 23.8 Å². The third-order valence-electron chi connectivity index (χ3n) is 5.00. The van der Waals surface area contributed by atoms with E-state index < -0.39 is 22.5 Å². The molecule has 0 saturated heterocycles. The summed E-state index contributed by atoms with van der Waals surface area (Å²) in [5.41, 5.74) is 1.93. The molecule has 0 aliphatic carbocycles. The van der Waals surface area contributed by atoms with Crippen molar-refractivity contribution in [3.8, 4) is 22.8 Å². The van der Waals surface area contributed by atoms with Crippen LogP contribution in [-0.2, 0) is 14.8 Å². The van der Waals surface area contributed by atoms with Gasteiger partial charge < -0.3 is 20.1 Å². The molecule has 0 atom stereocenters. The monoisotopic (exact) mass is 538 g/mol. The van der Waals surface area contributed by atoms with Crippen molar-refractivity contribution in [1.29, 1.82) is 0 Å². The van der Waals surface area contributed by atoms with E-state index >= 15 is 0 Å². The van der Waals surface area contributed by atoms with Crippen molar-refractivity contribution in [3.63, 3.8) is 0 Å². The predicted octanol–water partition coefficient (Wildman–Crippen LogP) is 4.56. The number of hydrogen-bond acceptors (Lipinski definition) is 8. The number of rotatable bonds is 11. The highest BCUT2D eigenvalue weighted by molar-refractivity contribution is 7.89. The van der Waals surface area contributed by atoms with Crippen LogP contribution in [0.4, 0.5) is 10.8 Å². The van der Waals surface area contributed by atoms with Gasteiger partial charge in [0.2, 0.25) is 15.9 Å². The molecular weight excluding hydrogens is 512 g/mol. The van der Waals surface area contributed by atoms with Gasteiger partial charge in [-0.05, 0) is 43.3 Å². The molecule has 2 aromatic carbocycles. The van der Waals surface area contributed by atoms with Crippen LogP contribution in [0.1, 0.15) is 13.8 Å². The van der Waals surface area contributed by atoms with Gasteiger partial charge in [0.25, 0.3) is 0 Å². The lowest BCUT2D eigenvalue weighted by Crippen LogP contribution is -2.37. The maximum atomic E-state index is 13.2. The van der Waals surface area contributed by atoms with Crippen LogP contribution in [-0.4, -0.2) is 57.5 Å². The number of ether oxygens (including phenoxy) is 2. The van der Waals surface area contributed by atoms with Crippen molar-refractivity contribution in [2.45, 2.75) is 18.7 Å². The van der Waals surface area contributed by atoms with Gasteiger partial charge in [0, 0.05) is 24.5 Å². The number of amides is 1. The largest absolute Gasteiger partial charge is 0.495 e. The molecular formula is C23H27ClN4O5S2. The zero-order chi connectivity index (χ0) is 25.6. The Kier molecular flexibility index (Phi) is 8.95. The Morgan fingerprint density at radius 3 is 2.51 bits per heavy atom. The van der Waals surface area contributed by atoms with Gasteiger partial charge in [-0.1, -0.05) is 18.5 Å². The summed E-state index contributed by atoms with van der Waals surface area (Å²) in [6.07, 6.45) is 0. The Morgan fingerprint density at radius 1 is 1.17 bits per heavy atom. The van der Waals surface area contributed by atoms with Gasteiger partial charge in [0.05, 0.1) is 41.6 Å². The highest BCUT2D eigenvalue weighted by Gasteiger charge is 2.26. The summed E-state index contributed by atoms with van der Waals surface area (Å²) in [7, 11) is -0.694. The number of aromatic nitrogens is 1. The topological polar surface area (TPSA) is 110 Å². The minimum absolute atomic E-state index is 0.0240. The fraction of sp³-hybridized carbons (Fsp3) is 0.304. The molecule has 9 nitrogen and oxygen atoms in total. The van der Waals surface area contributed by atoms with Gasteiger partial charge in [-0.25, -0.2) is 13.4 Å². The lowest BCUT2D eigenvalue weighted by Gasteiger charge is -2.21. The van der Waals surface area contributed by atoms with Crippen LogP contribution < -0.4 is 20.1 Å². The minimum Gasteiger partial charge on any atom is -0.495 e. The van der Waals surface area contributed by atoms with E-state index in [9.17, 15) is 13.2 Å². The van der Waals surface area contributed by atoms with E-state index in [2.05, 4.69) is 15.6 Å². The first kappa shape index (κ1) is 26.7. The molecule has 0 aliphatic heterocycles. The van der Waals surface area contributed by atoms with Gasteiger partial charge in [-0.3, -0.25) is 4.79 Å². The number of nitrogens with one attached hydrogen (secondary N) is 2. The molecule has 3 aromatic rings. The van der Waals surface area contributed by atoms with E-state index in [1.54, 1.807) is 33.0 Å². The maximum absolute atomic E-state index is 13.2. The van der Waals surface area contributed by atoms with E-state index in [1.807, 2.05) is 11.4 Å². The first-order valence-corrected chi connectivity index (χ1v) is 13.5. The number of benzene rings is 2. The Hall–Kier alpha value is -2.86. The third kappa shape index (κ3) is 6.23. The van der Waals surface area contributed by atoms with Crippen LogP contribution in [0.3, 0.4) is 0 Å². The molecule has 0 spiro atoms. The fourth-order valence-corrected chi connectivity index (χ4v) is 5.68. The van der Waals surface area contributed by atoms with E-state index in [-0.39, 0.29) is 16.5 Å². The van der Waals surface area contributed by atoms with Crippen molar-refractivity contribution in [2.75, 3.05) is 44.5 Å². The lowest BCUT2D eigenvalue weighted by atomic mass is 10.1. The summed E-state index contributed by atoms with van der Waals surface area (Å²) in [5.74, 6) is 0.315. The van der Waals surface area contributed by atoms with Crippen LogP contribution in [0.2, 0.25) is 5.02 Å². The highest BCUT2D eigenvalue weighted by Crippen LogP contribution is 2.32. The van der Waals surface area contributed by atoms with Gasteiger partial charge in [-0.15, -0.1) is 11.3 Å². The molecule has 0 radical (unpaired) electrons. The fourth-order valence-electron chi connectivity index (χ4n) is 3.27. The Balaban J connectivity index is 1.80. The first-order valence-electron chi connectivity index (χ1n) is 10.8. The van der Waals surface area contributed by atoms with Crippen LogP contribution >= 0.6 is 22.9 Å². The number of carbonyl (C=O) groups excluding carboxylic acids is 1. The molecule has 0 unspecified atom stereocenters. The molecule has 188 valence electrons. The lowest BCUT2D eigenvalue weighted by molar-refractivity contribution is -0.116. The van der Waals surface area contributed by atoms with Crippen molar-refractivity contribution in [1.82, 2.24) is 9.29 Å². The number of thiazole rings is 1. The average molecular weight is 539 g/mol. The number of methoxy groups -OCH3 is 1. The predicted molar refractivity (Wildman–Crippen MR) is 139 cm³/mol. The molecule has 0 bridgehead atoms. The van der Waals surface area contributed by atoms with Crippen LogP contribution in [0.25, 0.3) is 11.3 Å². The normalized spacial score (nSPS) is 11.4. The quantitative estimate of drug-likeness (QED) is 0.368. The van der Waals surface area contributed by atoms with Gasteiger partial charge in [0.1, 0.15) is 11.5 Å². The Bertz CT molecular complexity index is 1300. The summed E-state index contributed by atoms with van der Waals surface area (Å²) >= 11 is 7.63. The molecule has 2 N–H and O–H groups in total. The summed E-state index contributed by atoms with van der Waals surface area (Å²) in [5, 5.41) is 8.59. The summed E-state index contributed by atoms with van der Waals surface area (Å²) in [6.45, 7) is 3.56. The SMILES string of the molecule is CCOc1ccc(S(=O)(=O)N(CC)CC(=O)Nc2cc(-c3csc(NC)n3)ccc2OC)cc1Cl. The Morgan fingerprint density at radius 2 is 1.91 bits per heavy atom. The molecule has 3 rings (SSSR count). The molecule has 1 heterocycles. The van der Waals surface area contributed by atoms with Crippen LogP contribution in [0.5, 0.6) is 11.5 Å². The summed E-state index contributed by atoms with van der Waals surface area (Å²) in [6, 6.07) is 9.53. The number of nitrogens with zero attached hydrogens (tertiary/aromatic N) is 2. The number of likely N-dealkylation sites (N-methyl/N-ethyl adjacent to an activating group) is 1. The molecule has 0 saturated carbocycles. The number of halogens is 1. The van der Waals surface area contributed by atoms with Crippen molar-refractivity contribution in [3.05, 3.63) is 46.8 Å². The van der Waals surface area contributed by atoms with E-state index in [0.717, 1.165) is 20.7 Å². The Labute approximate surface area is 214 Å². The number of hydrogen-bond donors (Lipinski definition) is 2. The number of sulfonamides is 1. The summed E-state index contributed by atoms with van der Waals surface area (Å²) in [4.78, 5) is 17.3. The number of anilines is 2. The van der Waals surface area contributed by atoms with Crippen molar-refractivity contribution < 1.29 is 22.7 Å². The molecule has 0 aliphatic rings. The molecule has 12 heteroatoms. The highest BCUT2D eigenvalue weighted by atomic mass is 35.5. The van der Waals surface area contributed by atoms with E-state index in [4.69, 9.17) is 21.1 Å². The molecule has 0 fully saturated rings. The van der Waals surface area contributed by atoms with Crippen LogP contribution in [0.15, 0.2) is 46.7 Å². The molecule has 35 heavy (non-hydrogen) atoms. The second-order valence-corrected chi connectivity index (χ2v) is 10.4. The van der Waals surface area contributed by atoms with Crippen molar-refractivity contribution >= 4 is 49.7 Å². The third-order valence-corrected chi connectivity index (χ3v) is 8.07. The van der Waals surface area contributed by atoms with Crippen LogP contribution in [0, 0.1) is 0 Å². The van der Waals surface area contributed by atoms with Gasteiger partial charge in [0.15, 0.2) is 5.13 Å². The van der Waals surface area contributed by atoms with Gasteiger partial charge in [-0.2, -0.15) is 4.31 Å². The maximum Gasteiger partial charge on any atom is 0.243 e. The minimum atomic E-state index is -3.97. The second kappa shape index (κ2) is 11.7. The average Bonchev–Trinajstić information content (AvgIpc) is 3.33. The molecule has 1 amide bonds. The van der Waals surface area contributed by atoms with Crippen molar-refractivity contribution in [2.24, 2.45) is 0 Å². The molecule has 1 aromatic heterocycles. The van der Waals surface area contributed by atoms with E-state index in [1.165, 1.54) is 36.6 Å². The number of carbonyl (C=O) groups is 1. The summed E-state index contributed by atoms with van der Waals surface area (Å²) < 4.78 is 38.2. The first-order chi connectivity index (χ1) is 16.7. The zero-order valence-corrected chi connectivity index (χ0v) is 22.2. The second-order valence-electron chi connectivity index (χ2n) is 7.21. The zero-order valence-electron chi connectivity index (χ0n) is 19.8. The standard InChI is InChI=1S/C23H27ClN4O5S2/c1-5-28(35(30,31)16-8-10-20(33-6-2)17(24)12-16)13-22(29)26-18-11-15(7-9-21(18)32-4)19-14-34-23(25-3)27-19/h7-12,14H,5-6,13H2,1-4H3,(H,25,27)(H,26,29).